The van der Waals surface area contributed by atoms with Crippen molar-refractivity contribution < 1.29 is 0 Å². The van der Waals surface area contributed by atoms with Gasteiger partial charge in [0.2, 0.25) is 0 Å². The van der Waals surface area contributed by atoms with Gasteiger partial charge >= 0.3 is 0 Å². The van der Waals surface area contributed by atoms with Crippen LogP contribution in [0.25, 0.3) is 0 Å². The van der Waals surface area contributed by atoms with Crippen molar-refractivity contribution in [1.29, 1.82) is 5.26 Å². The lowest BCUT2D eigenvalue weighted by Crippen LogP contribution is -2.21. The van der Waals surface area contributed by atoms with Crippen LogP contribution in [0.1, 0.15) is 17.5 Å². The summed E-state index contributed by atoms with van der Waals surface area (Å²) in [6, 6.07) is 6.03. The third-order valence-corrected chi connectivity index (χ3v) is 6.95. The molecule has 4 atom stereocenters. The molecule has 1 heterocycles. The summed E-state index contributed by atoms with van der Waals surface area (Å²) in [6.45, 7) is 3.12. The van der Waals surface area contributed by atoms with Crippen LogP contribution in [-0.2, 0) is 0 Å². The highest BCUT2D eigenvalue weighted by Gasteiger charge is 2.50. The van der Waals surface area contributed by atoms with Crippen molar-refractivity contribution in [3.63, 3.8) is 0 Å². The van der Waals surface area contributed by atoms with E-state index in [-0.39, 0.29) is 0 Å². The van der Waals surface area contributed by atoms with Crippen molar-refractivity contribution in [2.24, 2.45) is 17.8 Å². The van der Waals surface area contributed by atoms with Crippen LogP contribution in [-0.4, -0.2) is 11.8 Å². The monoisotopic (exact) mass is 302 g/mol. The zero-order valence-corrected chi connectivity index (χ0v) is 12.8. The van der Waals surface area contributed by atoms with Crippen LogP contribution in [0.5, 0.6) is 0 Å². The highest BCUT2D eigenvalue weighted by atomic mass is 35.5. The van der Waals surface area contributed by atoms with E-state index in [1.807, 2.05) is 31.0 Å². The number of hydrogen-bond acceptors (Lipinski definition) is 3. The molecular formula is C16H15ClN2S. The Bertz CT molecular complexity index is 629. The highest BCUT2D eigenvalue weighted by molar-refractivity contribution is 8.01. The number of halogens is 1. The molecule has 2 aliphatic carbocycles. The lowest BCUT2D eigenvalue weighted by Gasteiger charge is -2.22. The van der Waals surface area contributed by atoms with Crippen molar-refractivity contribution in [2.45, 2.75) is 18.6 Å². The van der Waals surface area contributed by atoms with Gasteiger partial charge in [0.15, 0.2) is 0 Å². The number of fused-ring (bicyclic) bond motifs is 5. The molecule has 102 valence electrons. The molecule has 1 saturated heterocycles. The zero-order valence-electron chi connectivity index (χ0n) is 11.2. The van der Waals surface area contributed by atoms with Gasteiger partial charge in [-0.05, 0) is 60.7 Å². The van der Waals surface area contributed by atoms with Crippen molar-refractivity contribution in [2.75, 3.05) is 10.8 Å². The quantitative estimate of drug-likeness (QED) is 0.575. The van der Waals surface area contributed by atoms with E-state index in [4.69, 9.17) is 16.9 Å². The van der Waals surface area contributed by atoms with E-state index >= 15 is 0 Å². The van der Waals surface area contributed by atoms with Crippen molar-refractivity contribution in [3.8, 4) is 6.07 Å². The molecule has 1 aliphatic heterocycles. The zero-order chi connectivity index (χ0) is 13.9. The van der Waals surface area contributed by atoms with Crippen molar-refractivity contribution in [1.82, 2.24) is 0 Å². The standard InChI is InChI=1S/C16H15ClN2S/c1-9-14(5-4-12(7-18)15(9)17)19-8-13-10-2-3-11(6-10)16(13)20-19/h2-5,10-11,13,16H,6,8H2,1H3/t10-,11+,13-,16+/m0/s1. The van der Waals surface area contributed by atoms with E-state index in [0.29, 0.717) is 10.6 Å². The van der Waals surface area contributed by atoms with Crippen LogP contribution in [0.15, 0.2) is 24.3 Å². The van der Waals surface area contributed by atoms with Gasteiger partial charge in [0, 0.05) is 11.8 Å². The summed E-state index contributed by atoms with van der Waals surface area (Å²) in [5.74, 6) is 2.31. The fraction of sp³-hybridized carbons (Fsp3) is 0.438. The summed E-state index contributed by atoms with van der Waals surface area (Å²) in [5, 5.41) is 10.4. The summed E-state index contributed by atoms with van der Waals surface area (Å²) in [4.78, 5) is 0. The van der Waals surface area contributed by atoms with E-state index in [9.17, 15) is 0 Å². The third-order valence-electron chi connectivity index (χ3n) is 4.92. The molecule has 0 aromatic heterocycles. The number of anilines is 1. The molecule has 1 aromatic carbocycles. The van der Waals surface area contributed by atoms with Crippen LogP contribution in [0, 0.1) is 36.0 Å². The molecule has 2 nitrogen and oxygen atoms in total. The smallest absolute Gasteiger partial charge is 0.101 e. The average Bonchev–Trinajstić information content (AvgIpc) is 3.12. The van der Waals surface area contributed by atoms with Gasteiger partial charge in [-0.1, -0.05) is 23.8 Å². The van der Waals surface area contributed by atoms with Crippen LogP contribution in [0.4, 0.5) is 5.69 Å². The molecule has 0 N–H and O–H groups in total. The molecule has 0 radical (unpaired) electrons. The second-order valence-electron chi connectivity index (χ2n) is 5.93. The Morgan fingerprint density at radius 2 is 2.15 bits per heavy atom. The second kappa shape index (κ2) is 4.44. The third kappa shape index (κ3) is 1.65. The van der Waals surface area contributed by atoms with E-state index in [1.54, 1.807) is 0 Å². The molecular weight excluding hydrogens is 288 g/mol. The lowest BCUT2D eigenvalue weighted by molar-refractivity contribution is 0.491. The topological polar surface area (TPSA) is 27.0 Å². The average molecular weight is 303 g/mol. The maximum atomic E-state index is 9.05. The largest absolute Gasteiger partial charge is 0.315 e. The van der Waals surface area contributed by atoms with Gasteiger partial charge in [-0.15, -0.1) is 0 Å². The first kappa shape index (κ1) is 12.6. The number of nitrogens with zero attached hydrogens (tertiary/aromatic N) is 2. The van der Waals surface area contributed by atoms with Crippen molar-refractivity contribution >= 4 is 29.2 Å². The van der Waals surface area contributed by atoms with Crippen LogP contribution >= 0.6 is 23.5 Å². The Kier molecular flexibility index (Phi) is 2.80. The van der Waals surface area contributed by atoms with Gasteiger partial charge in [0.25, 0.3) is 0 Å². The summed E-state index contributed by atoms with van der Waals surface area (Å²) in [5.41, 5.74) is 2.77. The Hall–Kier alpha value is -1.11. The van der Waals surface area contributed by atoms with Crippen LogP contribution < -0.4 is 4.31 Å². The predicted molar refractivity (Wildman–Crippen MR) is 83.9 cm³/mol. The Labute approximate surface area is 128 Å². The number of rotatable bonds is 1. The molecule has 1 saturated carbocycles. The molecule has 0 unspecified atom stereocenters. The molecule has 20 heavy (non-hydrogen) atoms. The van der Waals surface area contributed by atoms with Gasteiger partial charge < -0.3 is 4.31 Å². The Balaban J connectivity index is 1.65. The first-order valence-corrected chi connectivity index (χ1v) is 8.22. The van der Waals surface area contributed by atoms with E-state index in [0.717, 1.165) is 35.1 Å². The summed E-state index contributed by atoms with van der Waals surface area (Å²) in [6.07, 6.45) is 6.17. The number of benzene rings is 1. The lowest BCUT2D eigenvalue weighted by atomic mass is 9.93. The van der Waals surface area contributed by atoms with Gasteiger partial charge in [-0.2, -0.15) is 5.26 Å². The second-order valence-corrected chi connectivity index (χ2v) is 7.50. The summed E-state index contributed by atoms with van der Waals surface area (Å²) < 4.78 is 2.39. The van der Waals surface area contributed by atoms with Crippen LogP contribution in [0.3, 0.4) is 0 Å². The van der Waals surface area contributed by atoms with Gasteiger partial charge in [-0.25, -0.2) is 0 Å². The van der Waals surface area contributed by atoms with E-state index in [2.05, 4.69) is 22.5 Å². The number of nitriles is 1. The normalized spacial score (nSPS) is 33.5. The fourth-order valence-corrected chi connectivity index (χ4v) is 5.71. The van der Waals surface area contributed by atoms with E-state index in [1.165, 1.54) is 12.1 Å². The molecule has 0 spiro atoms. The van der Waals surface area contributed by atoms with Gasteiger partial charge in [-0.3, -0.25) is 0 Å². The van der Waals surface area contributed by atoms with Crippen molar-refractivity contribution in [3.05, 3.63) is 40.4 Å². The minimum atomic E-state index is 0.569. The SMILES string of the molecule is Cc1c(N2C[C@@H]3[C@H](S2)[C@@H]2C=C[C@H]3C2)ccc(C#N)c1Cl. The molecule has 3 aliphatic rings. The molecule has 1 aromatic rings. The number of hydrogen-bond donors (Lipinski definition) is 0. The highest BCUT2D eigenvalue weighted by Crippen LogP contribution is 2.55. The Morgan fingerprint density at radius 1 is 1.35 bits per heavy atom. The molecule has 2 bridgehead atoms. The molecule has 2 fully saturated rings. The van der Waals surface area contributed by atoms with Gasteiger partial charge in [0.1, 0.15) is 6.07 Å². The maximum absolute atomic E-state index is 9.05. The summed E-state index contributed by atoms with van der Waals surface area (Å²) in [7, 11) is 0. The number of allylic oxidation sites excluding steroid dienone is 2. The fourth-order valence-electron chi connectivity index (χ4n) is 3.84. The first-order valence-electron chi connectivity index (χ1n) is 7.01. The van der Waals surface area contributed by atoms with E-state index < -0.39 is 0 Å². The Morgan fingerprint density at radius 3 is 2.90 bits per heavy atom. The molecule has 4 heteroatoms. The molecule has 4 rings (SSSR count). The maximum Gasteiger partial charge on any atom is 0.101 e. The first-order chi connectivity index (χ1) is 9.69. The predicted octanol–water partition coefficient (Wildman–Crippen LogP) is 4.18. The van der Waals surface area contributed by atoms with Gasteiger partial charge in [0.05, 0.1) is 16.3 Å². The minimum absolute atomic E-state index is 0.569. The minimum Gasteiger partial charge on any atom is -0.315 e. The molecule has 0 amide bonds. The summed E-state index contributed by atoms with van der Waals surface area (Å²) >= 11 is 8.27. The van der Waals surface area contributed by atoms with Crippen LogP contribution in [0.2, 0.25) is 5.02 Å².